The van der Waals surface area contributed by atoms with Crippen LogP contribution in [0.15, 0.2) is 83.3 Å². The van der Waals surface area contributed by atoms with Crippen LogP contribution < -0.4 is 20.3 Å². The lowest BCUT2D eigenvalue weighted by Crippen LogP contribution is -2.51. The van der Waals surface area contributed by atoms with Gasteiger partial charge in [-0.1, -0.05) is 37.3 Å². The first kappa shape index (κ1) is 23.1. The van der Waals surface area contributed by atoms with Gasteiger partial charge in [0.2, 0.25) is 0 Å². The Morgan fingerprint density at radius 1 is 1.03 bits per heavy atom. The van der Waals surface area contributed by atoms with Gasteiger partial charge >= 0.3 is 12.3 Å². The normalized spacial score (nSPS) is 12.7. The van der Waals surface area contributed by atoms with E-state index in [9.17, 15) is 9.59 Å². The molecule has 0 saturated carbocycles. The number of quaternary nitrogens is 1. The zero-order valence-electron chi connectivity index (χ0n) is 19.1. The highest BCUT2D eigenvalue weighted by Crippen LogP contribution is 2.30. The fraction of sp³-hybridized carbons (Fsp3) is 0.185. The summed E-state index contributed by atoms with van der Waals surface area (Å²) in [5, 5.41) is 3.77. The molecular weight excluding hydrogens is 430 g/mol. The molecule has 0 fully saturated rings. The molecule has 3 aromatic carbocycles. The zero-order valence-corrected chi connectivity index (χ0v) is 19.1. The first-order valence-corrected chi connectivity index (χ1v) is 11.3. The molecule has 1 atom stereocenters. The third-order valence-electron chi connectivity index (χ3n) is 5.76. The van der Waals surface area contributed by atoms with Gasteiger partial charge in [0.1, 0.15) is 24.5 Å². The second-order valence-electron chi connectivity index (χ2n) is 8.12. The Kier molecular flexibility index (Phi) is 6.94. The molecule has 0 saturated heterocycles. The Labute approximate surface area is 198 Å². The predicted molar refractivity (Wildman–Crippen MR) is 135 cm³/mol. The summed E-state index contributed by atoms with van der Waals surface area (Å²) in [7, 11) is 0. The number of rotatable bonds is 10. The van der Waals surface area contributed by atoms with Crippen LogP contribution in [0.4, 0.5) is 17.3 Å². The third kappa shape index (κ3) is 4.94. The number of amides is 2. The Morgan fingerprint density at radius 2 is 1.76 bits per heavy atom. The van der Waals surface area contributed by atoms with Crippen molar-refractivity contribution >= 4 is 40.5 Å². The van der Waals surface area contributed by atoms with Crippen molar-refractivity contribution in [3.8, 4) is 5.75 Å². The molecule has 0 bridgehead atoms. The van der Waals surface area contributed by atoms with E-state index in [-0.39, 0.29) is 10.4 Å². The van der Waals surface area contributed by atoms with Crippen LogP contribution in [0.1, 0.15) is 23.7 Å². The molecule has 2 amide bonds. The van der Waals surface area contributed by atoms with Crippen LogP contribution in [-0.2, 0) is 4.79 Å². The van der Waals surface area contributed by atoms with Crippen molar-refractivity contribution in [2.24, 2.45) is 0 Å². The van der Waals surface area contributed by atoms with Crippen molar-refractivity contribution in [3.05, 3.63) is 84.4 Å². The fourth-order valence-electron chi connectivity index (χ4n) is 3.91. The first-order valence-electron chi connectivity index (χ1n) is 11.3. The first-order chi connectivity index (χ1) is 16.5. The maximum Gasteiger partial charge on any atom is 0.309 e. The van der Waals surface area contributed by atoms with Crippen LogP contribution in [-0.4, -0.2) is 32.0 Å². The van der Waals surface area contributed by atoms with Gasteiger partial charge in [0.05, 0.1) is 24.0 Å². The van der Waals surface area contributed by atoms with Crippen molar-refractivity contribution in [1.29, 1.82) is 0 Å². The Morgan fingerprint density at radius 3 is 2.47 bits per heavy atom. The number of hydrogen-bond donors (Lipinski definition) is 2. The highest BCUT2D eigenvalue weighted by atomic mass is 16.5. The number of benzene rings is 3. The number of nitrogens with zero attached hydrogens (tertiary/aromatic N) is 1. The number of anilines is 2. The minimum Gasteiger partial charge on any atom is -0.488 e. The van der Waals surface area contributed by atoms with E-state index in [1.807, 2.05) is 49.4 Å². The minimum atomic E-state index is -0.256. The van der Waals surface area contributed by atoms with Crippen LogP contribution in [0, 0.1) is 0 Å². The summed E-state index contributed by atoms with van der Waals surface area (Å²) in [6.07, 6.45) is 1.73. The van der Waals surface area contributed by atoms with Crippen LogP contribution in [0.3, 0.4) is 0 Å². The largest absolute Gasteiger partial charge is 0.488 e. The molecule has 7 heteroatoms. The average Bonchev–Trinajstić information content (AvgIpc) is 3.30. The highest BCUT2D eigenvalue weighted by molar-refractivity contribution is 6.05. The fourth-order valence-corrected chi connectivity index (χ4v) is 3.91. The summed E-state index contributed by atoms with van der Waals surface area (Å²) in [6, 6.07) is 23.6. The number of carbonyl (C=O) groups excluding carboxylic acids is 2. The monoisotopic (exact) mass is 458 g/mol. The van der Waals surface area contributed by atoms with E-state index in [0.29, 0.717) is 48.3 Å². The number of nitrogen functional groups attached to an aromatic ring is 1. The van der Waals surface area contributed by atoms with Crippen molar-refractivity contribution < 1.29 is 18.7 Å². The molecule has 7 nitrogen and oxygen atoms in total. The van der Waals surface area contributed by atoms with Crippen molar-refractivity contribution in [3.63, 3.8) is 0 Å². The molecule has 4 aromatic rings. The van der Waals surface area contributed by atoms with Gasteiger partial charge in [-0.05, 0) is 48.9 Å². The molecule has 0 aliphatic heterocycles. The summed E-state index contributed by atoms with van der Waals surface area (Å²) >= 11 is 0. The van der Waals surface area contributed by atoms with Crippen LogP contribution >= 0.6 is 0 Å². The number of furan rings is 1. The van der Waals surface area contributed by atoms with Gasteiger partial charge in [-0.3, -0.25) is 4.79 Å². The summed E-state index contributed by atoms with van der Waals surface area (Å²) in [5.41, 5.74) is 8.20. The van der Waals surface area contributed by atoms with Crippen molar-refractivity contribution in [2.45, 2.75) is 13.3 Å². The van der Waals surface area contributed by atoms with Crippen LogP contribution in [0.5, 0.6) is 5.75 Å². The molecule has 34 heavy (non-hydrogen) atoms. The summed E-state index contributed by atoms with van der Waals surface area (Å²) in [6.45, 7) is 3.37. The van der Waals surface area contributed by atoms with E-state index >= 15 is 0 Å². The van der Waals surface area contributed by atoms with E-state index < -0.39 is 0 Å². The zero-order chi connectivity index (χ0) is 24.0. The maximum atomic E-state index is 12.5. The van der Waals surface area contributed by atoms with Crippen molar-refractivity contribution in [2.75, 3.05) is 30.7 Å². The number of carbonyl (C=O) groups is 2. The predicted octanol–water partition coefficient (Wildman–Crippen LogP) is 5.22. The number of nitrogens with one attached hydrogen (secondary N) is 1. The molecular formula is C27H28N3O4+. The molecule has 1 unspecified atom stereocenters. The Hall–Kier alpha value is -4.10. The Bertz CT molecular complexity index is 1250. The van der Waals surface area contributed by atoms with Gasteiger partial charge in [-0.15, -0.1) is 0 Å². The van der Waals surface area contributed by atoms with E-state index in [0.717, 1.165) is 23.8 Å². The van der Waals surface area contributed by atoms with Gasteiger partial charge in [-0.2, -0.15) is 4.48 Å². The molecule has 0 aliphatic carbocycles. The number of hydrogen-bond acceptors (Lipinski definition) is 5. The van der Waals surface area contributed by atoms with Gasteiger partial charge in [0, 0.05) is 10.9 Å². The van der Waals surface area contributed by atoms with E-state index in [2.05, 4.69) is 5.32 Å². The van der Waals surface area contributed by atoms with Gasteiger partial charge in [0.25, 0.3) is 5.91 Å². The SMILES string of the molecule is CCC[N+](C=O)(CCOc1ccc(C(=O)Nc2ccccc2N)cc1)c1cc2ccccc2o1. The number of ether oxygens (including phenoxy) is 1. The summed E-state index contributed by atoms with van der Waals surface area (Å²) in [4.78, 5) is 24.7. The number of para-hydroxylation sites is 3. The molecule has 1 heterocycles. The van der Waals surface area contributed by atoms with Crippen LogP contribution in [0.25, 0.3) is 11.0 Å². The standard InChI is InChI=1S/C27H27N3O4/c1-2-15-30(19-31,26-18-21-7-3-6-10-25(21)34-26)16-17-33-22-13-11-20(12-14-22)27(32)29-24-9-5-4-8-23(24)28/h3-14,18-19H,2,15-17,28H2,1H3/p+1. The minimum absolute atomic E-state index is 0.0458. The highest BCUT2D eigenvalue weighted by Gasteiger charge is 2.33. The maximum absolute atomic E-state index is 12.5. The van der Waals surface area contributed by atoms with Gasteiger partial charge in [0.15, 0.2) is 0 Å². The lowest BCUT2D eigenvalue weighted by Gasteiger charge is -2.28. The lowest BCUT2D eigenvalue weighted by atomic mass is 10.2. The second-order valence-corrected chi connectivity index (χ2v) is 8.12. The van der Waals surface area contributed by atoms with Gasteiger partial charge < -0.3 is 20.2 Å². The van der Waals surface area contributed by atoms with E-state index in [4.69, 9.17) is 14.9 Å². The number of nitrogens with two attached hydrogens (primary N) is 1. The molecule has 3 N–H and O–H groups in total. The second kappa shape index (κ2) is 10.2. The van der Waals surface area contributed by atoms with E-state index in [1.165, 1.54) is 0 Å². The van der Waals surface area contributed by atoms with Crippen molar-refractivity contribution in [1.82, 2.24) is 4.48 Å². The molecule has 174 valence electrons. The average molecular weight is 459 g/mol. The summed E-state index contributed by atoms with van der Waals surface area (Å²) < 4.78 is 12.0. The third-order valence-corrected chi connectivity index (χ3v) is 5.76. The van der Waals surface area contributed by atoms with E-state index in [1.54, 1.807) is 36.4 Å². The molecule has 1 aromatic heterocycles. The molecule has 0 aliphatic rings. The molecule has 4 rings (SSSR count). The molecule has 0 radical (unpaired) electrons. The topological polar surface area (TPSA) is 94.6 Å². The molecule has 0 spiro atoms. The Balaban J connectivity index is 1.41. The quantitative estimate of drug-likeness (QED) is 0.193. The van der Waals surface area contributed by atoms with Gasteiger partial charge in [-0.25, -0.2) is 4.79 Å². The smallest absolute Gasteiger partial charge is 0.309 e. The summed E-state index contributed by atoms with van der Waals surface area (Å²) in [5.74, 6) is 0.962. The van der Waals surface area contributed by atoms with Crippen LogP contribution in [0.2, 0.25) is 0 Å². The number of fused-ring (bicyclic) bond motifs is 1. The lowest BCUT2D eigenvalue weighted by molar-refractivity contribution is -0.118.